The fraction of sp³-hybridized carbons (Fsp3) is 1.00. The van der Waals surface area contributed by atoms with Crippen molar-refractivity contribution in [2.45, 2.75) is 51.4 Å². The monoisotopic (exact) mass is 144 g/mol. The normalized spacial score (nSPS) is 24.6. The average molecular weight is 144 g/mol. The van der Waals surface area contributed by atoms with Gasteiger partial charge in [-0.25, -0.2) is 0 Å². The summed E-state index contributed by atoms with van der Waals surface area (Å²) in [5, 5.41) is 8.88. The Hall–Kier alpha value is -0.0800. The highest BCUT2D eigenvalue weighted by molar-refractivity contribution is 4.64. The van der Waals surface area contributed by atoms with E-state index in [2.05, 4.69) is 0 Å². The van der Waals surface area contributed by atoms with Crippen molar-refractivity contribution in [3.63, 3.8) is 0 Å². The molecule has 1 fully saturated rings. The molecule has 1 saturated carbocycles. The zero-order valence-corrected chi connectivity index (χ0v) is 6.55. The van der Waals surface area contributed by atoms with E-state index in [1.165, 1.54) is 19.3 Å². The number of rotatable bonds is 2. The van der Waals surface area contributed by atoms with Crippen LogP contribution < -0.4 is 0 Å². The molecule has 10 heavy (non-hydrogen) atoms. The fourth-order valence-corrected chi connectivity index (χ4v) is 1.48. The van der Waals surface area contributed by atoms with Crippen molar-refractivity contribution in [3.8, 4) is 0 Å². The van der Waals surface area contributed by atoms with Crippen molar-refractivity contribution in [1.82, 2.24) is 0 Å². The summed E-state index contributed by atoms with van der Waals surface area (Å²) in [6.45, 7) is 1.68. The van der Waals surface area contributed by atoms with Gasteiger partial charge >= 0.3 is 0 Å². The summed E-state index contributed by atoms with van der Waals surface area (Å²) in [7, 11) is 0. The van der Waals surface area contributed by atoms with Gasteiger partial charge in [-0.2, -0.15) is 0 Å². The maximum atomic E-state index is 8.88. The molecule has 1 unspecified atom stereocenters. The Balaban J connectivity index is 2.13. The number of hydrogen-bond acceptors (Lipinski definition) is 2. The fourth-order valence-electron chi connectivity index (χ4n) is 1.48. The molecule has 0 aromatic rings. The molecule has 1 aliphatic rings. The Labute approximate surface area is 62.2 Å². The maximum Gasteiger partial charge on any atom is 0.152 e. The van der Waals surface area contributed by atoms with Crippen molar-refractivity contribution < 1.29 is 9.84 Å². The third-order valence-corrected chi connectivity index (χ3v) is 1.94. The second-order valence-corrected chi connectivity index (χ2v) is 3.00. The van der Waals surface area contributed by atoms with Crippen LogP contribution in [0.1, 0.15) is 39.0 Å². The molecule has 0 heterocycles. The molecule has 1 rings (SSSR count). The summed E-state index contributed by atoms with van der Waals surface area (Å²) < 4.78 is 5.25. The highest BCUT2D eigenvalue weighted by atomic mass is 16.6. The standard InChI is InChI=1S/C8H16O2/c1-7(9)10-8-5-3-2-4-6-8/h7-9H,2-6H2,1H3. The first kappa shape index (κ1) is 8.02. The molecule has 0 radical (unpaired) electrons. The third kappa shape index (κ3) is 2.67. The predicted octanol–water partition coefficient (Wildman–Crippen LogP) is 1.67. The van der Waals surface area contributed by atoms with Gasteiger partial charge in [0.1, 0.15) is 0 Å². The maximum absolute atomic E-state index is 8.88. The van der Waals surface area contributed by atoms with E-state index in [1.807, 2.05) is 0 Å². The molecule has 0 aliphatic heterocycles. The second kappa shape index (κ2) is 3.94. The smallest absolute Gasteiger partial charge is 0.152 e. The first-order valence-corrected chi connectivity index (χ1v) is 4.12. The van der Waals surface area contributed by atoms with E-state index in [1.54, 1.807) is 6.92 Å². The Morgan fingerprint density at radius 3 is 2.40 bits per heavy atom. The van der Waals surface area contributed by atoms with Crippen LogP contribution in [0.25, 0.3) is 0 Å². The molecule has 0 bridgehead atoms. The molecule has 1 N–H and O–H groups in total. The summed E-state index contributed by atoms with van der Waals surface area (Å²) in [5.74, 6) is 0. The molecule has 1 aliphatic carbocycles. The lowest BCUT2D eigenvalue weighted by atomic mass is 9.98. The zero-order chi connectivity index (χ0) is 7.40. The topological polar surface area (TPSA) is 29.5 Å². The number of aliphatic hydroxyl groups excluding tert-OH is 1. The number of hydrogen-bond donors (Lipinski definition) is 1. The molecule has 0 aromatic heterocycles. The number of aliphatic hydroxyl groups is 1. The Kier molecular flexibility index (Phi) is 3.16. The van der Waals surface area contributed by atoms with Gasteiger partial charge in [0.25, 0.3) is 0 Å². The Bertz CT molecular complexity index is 85.3. The van der Waals surface area contributed by atoms with E-state index in [-0.39, 0.29) is 0 Å². The molecular weight excluding hydrogens is 128 g/mol. The van der Waals surface area contributed by atoms with Crippen molar-refractivity contribution in [2.75, 3.05) is 0 Å². The van der Waals surface area contributed by atoms with Crippen molar-refractivity contribution in [3.05, 3.63) is 0 Å². The molecule has 0 saturated heterocycles. The summed E-state index contributed by atoms with van der Waals surface area (Å²) in [5.41, 5.74) is 0. The van der Waals surface area contributed by atoms with Crippen LogP contribution in [0.2, 0.25) is 0 Å². The second-order valence-electron chi connectivity index (χ2n) is 3.00. The first-order valence-electron chi connectivity index (χ1n) is 4.12. The molecule has 0 aromatic carbocycles. The van der Waals surface area contributed by atoms with E-state index in [4.69, 9.17) is 9.84 Å². The van der Waals surface area contributed by atoms with Gasteiger partial charge in [0.15, 0.2) is 6.29 Å². The number of ether oxygens (including phenoxy) is 1. The van der Waals surface area contributed by atoms with Crippen LogP contribution >= 0.6 is 0 Å². The minimum absolute atomic E-state index is 0.328. The van der Waals surface area contributed by atoms with E-state index in [0.717, 1.165) is 12.8 Å². The van der Waals surface area contributed by atoms with Gasteiger partial charge < -0.3 is 9.84 Å². The van der Waals surface area contributed by atoms with Crippen molar-refractivity contribution >= 4 is 0 Å². The van der Waals surface area contributed by atoms with Crippen LogP contribution in [0.4, 0.5) is 0 Å². The van der Waals surface area contributed by atoms with Crippen LogP contribution in [0, 0.1) is 0 Å². The van der Waals surface area contributed by atoms with Crippen molar-refractivity contribution in [2.24, 2.45) is 0 Å². The lowest BCUT2D eigenvalue weighted by Gasteiger charge is -2.23. The van der Waals surface area contributed by atoms with E-state index in [9.17, 15) is 0 Å². The largest absolute Gasteiger partial charge is 0.368 e. The Morgan fingerprint density at radius 1 is 1.30 bits per heavy atom. The van der Waals surface area contributed by atoms with Gasteiger partial charge in [-0.05, 0) is 19.8 Å². The van der Waals surface area contributed by atoms with Gasteiger partial charge in [0.05, 0.1) is 6.10 Å². The lowest BCUT2D eigenvalue weighted by molar-refractivity contribution is -0.131. The van der Waals surface area contributed by atoms with E-state index < -0.39 is 6.29 Å². The molecule has 60 valence electrons. The van der Waals surface area contributed by atoms with Gasteiger partial charge in [0, 0.05) is 0 Å². The van der Waals surface area contributed by atoms with Crippen LogP contribution in [-0.2, 0) is 4.74 Å². The van der Waals surface area contributed by atoms with Crippen LogP contribution in [0.5, 0.6) is 0 Å². The predicted molar refractivity (Wildman–Crippen MR) is 39.6 cm³/mol. The summed E-state index contributed by atoms with van der Waals surface area (Å²) >= 11 is 0. The molecule has 1 atom stereocenters. The molecule has 0 amide bonds. The van der Waals surface area contributed by atoms with Crippen LogP contribution in [0.15, 0.2) is 0 Å². The van der Waals surface area contributed by atoms with Crippen LogP contribution in [-0.4, -0.2) is 17.5 Å². The summed E-state index contributed by atoms with van der Waals surface area (Å²) in [4.78, 5) is 0. The molecular formula is C8H16O2. The van der Waals surface area contributed by atoms with Gasteiger partial charge in [-0.3, -0.25) is 0 Å². The van der Waals surface area contributed by atoms with Gasteiger partial charge in [-0.1, -0.05) is 19.3 Å². The van der Waals surface area contributed by atoms with E-state index in [0.29, 0.717) is 6.10 Å². The summed E-state index contributed by atoms with van der Waals surface area (Å²) in [6.07, 6.45) is 5.86. The average Bonchev–Trinajstić information content (AvgIpc) is 1.88. The molecule has 2 heteroatoms. The quantitative estimate of drug-likeness (QED) is 0.597. The lowest BCUT2D eigenvalue weighted by Crippen LogP contribution is -2.21. The first-order chi connectivity index (χ1) is 4.79. The van der Waals surface area contributed by atoms with E-state index >= 15 is 0 Å². The highest BCUT2D eigenvalue weighted by Gasteiger charge is 2.14. The zero-order valence-electron chi connectivity index (χ0n) is 6.55. The van der Waals surface area contributed by atoms with Crippen molar-refractivity contribution in [1.29, 1.82) is 0 Å². The minimum atomic E-state index is -0.580. The third-order valence-electron chi connectivity index (χ3n) is 1.94. The van der Waals surface area contributed by atoms with Crippen LogP contribution in [0.3, 0.4) is 0 Å². The van der Waals surface area contributed by atoms with Gasteiger partial charge in [0.2, 0.25) is 0 Å². The van der Waals surface area contributed by atoms with Gasteiger partial charge in [-0.15, -0.1) is 0 Å². The summed E-state index contributed by atoms with van der Waals surface area (Å²) in [6, 6.07) is 0. The molecule has 0 spiro atoms. The highest BCUT2D eigenvalue weighted by Crippen LogP contribution is 2.20. The minimum Gasteiger partial charge on any atom is -0.368 e. The molecule has 2 nitrogen and oxygen atoms in total. The SMILES string of the molecule is CC(O)OC1CCCCC1. The Morgan fingerprint density at radius 2 is 1.90 bits per heavy atom.